The summed E-state index contributed by atoms with van der Waals surface area (Å²) in [7, 11) is 1.87. The second kappa shape index (κ2) is 5.66. The van der Waals surface area contributed by atoms with Crippen LogP contribution in [-0.2, 0) is 24.9 Å². The smallest absolute Gasteiger partial charge is 0.242 e. The van der Waals surface area contributed by atoms with E-state index < -0.39 is 0 Å². The van der Waals surface area contributed by atoms with Crippen LogP contribution in [0.1, 0.15) is 22.6 Å². The van der Waals surface area contributed by atoms with E-state index in [0.29, 0.717) is 11.6 Å². The van der Waals surface area contributed by atoms with Crippen molar-refractivity contribution in [2.45, 2.75) is 33.9 Å². The fourth-order valence-electron chi connectivity index (χ4n) is 1.93. The molecule has 108 valence electrons. The molecule has 20 heavy (non-hydrogen) atoms. The van der Waals surface area contributed by atoms with Gasteiger partial charge in [-0.25, -0.2) is 0 Å². The van der Waals surface area contributed by atoms with Crippen molar-refractivity contribution >= 4 is 17.5 Å². The number of carbonyl (C=O) groups excluding carboxylic acids is 1. The molecule has 0 saturated heterocycles. The summed E-state index contributed by atoms with van der Waals surface area (Å²) in [6.07, 6.45) is 1.76. The Morgan fingerprint density at radius 1 is 1.35 bits per heavy atom. The van der Waals surface area contributed by atoms with Crippen molar-refractivity contribution in [3.8, 4) is 0 Å². The predicted molar refractivity (Wildman–Crippen MR) is 76.5 cm³/mol. The molecule has 6 nitrogen and oxygen atoms in total. The third-order valence-corrected chi connectivity index (χ3v) is 3.95. The molecule has 0 aliphatic heterocycles. The molecule has 0 aliphatic rings. The first-order valence-electron chi connectivity index (χ1n) is 6.33. The van der Waals surface area contributed by atoms with Crippen LogP contribution in [0.5, 0.6) is 0 Å². The van der Waals surface area contributed by atoms with Gasteiger partial charge in [-0.1, -0.05) is 11.6 Å². The molecule has 0 saturated carbocycles. The van der Waals surface area contributed by atoms with Crippen LogP contribution < -0.4 is 5.32 Å². The van der Waals surface area contributed by atoms with Crippen LogP contribution in [0.4, 0.5) is 0 Å². The van der Waals surface area contributed by atoms with E-state index >= 15 is 0 Å². The van der Waals surface area contributed by atoms with Gasteiger partial charge < -0.3 is 5.32 Å². The topological polar surface area (TPSA) is 64.7 Å². The number of amides is 1. The van der Waals surface area contributed by atoms with Gasteiger partial charge in [0.25, 0.3) is 0 Å². The Kier molecular flexibility index (Phi) is 4.13. The maximum Gasteiger partial charge on any atom is 0.242 e. The first kappa shape index (κ1) is 14.6. The van der Waals surface area contributed by atoms with Gasteiger partial charge in [0.15, 0.2) is 0 Å². The molecule has 0 aliphatic carbocycles. The van der Waals surface area contributed by atoms with E-state index in [-0.39, 0.29) is 12.5 Å². The summed E-state index contributed by atoms with van der Waals surface area (Å²) < 4.78 is 3.39. The Hall–Kier alpha value is -1.82. The molecule has 0 aromatic carbocycles. The number of rotatable bonds is 4. The van der Waals surface area contributed by atoms with Crippen molar-refractivity contribution in [2.75, 3.05) is 0 Å². The van der Waals surface area contributed by atoms with Gasteiger partial charge in [0, 0.05) is 24.8 Å². The zero-order valence-electron chi connectivity index (χ0n) is 12.1. The SMILES string of the molecule is Cc1nn(CC(=O)NCc2cnn(C)c2C)c(C)c1Cl. The molecule has 0 unspecified atom stereocenters. The van der Waals surface area contributed by atoms with Crippen molar-refractivity contribution in [1.29, 1.82) is 0 Å². The van der Waals surface area contributed by atoms with Crippen LogP contribution in [0.2, 0.25) is 5.02 Å². The highest BCUT2D eigenvalue weighted by Gasteiger charge is 2.12. The van der Waals surface area contributed by atoms with Gasteiger partial charge in [0.1, 0.15) is 6.54 Å². The standard InChI is InChI=1S/C13H18ClN5O/c1-8-13(14)10(3)19(17-8)7-12(20)15-5-11-6-16-18(4)9(11)2/h6H,5,7H2,1-4H3,(H,15,20). The fourth-order valence-corrected chi connectivity index (χ4v) is 2.07. The minimum atomic E-state index is -0.101. The molecule has 0 fully saturated rings. The quantitative estimate of drug-likeness (QED) is 0.930. The van der Waals surface area contributed by atoms with E-state index in [0.717, 1.165) is 22.6 Å². The zero-order valence-corrected chi connectivity index (χ0v) is 12.8. The molecular weight excluding hydrogens is 278 g/mol. The molecule has 0 radical (unpaired) electrons. The number of aromatic nitrogens is 4. The molecule has 0 bridgehead atoms. The Labute approximate surface area is 122 Å². The summed E-state index contributed by atoms with van der Waals surface area (Å²) >= 11 is 6.05. The highest BCUT2D eigenvalue weighted by atomic mass is 35.5. The molecule has 2 heterocycles. The highest BCUT2D eigenvalue weighted by molar-refractivity contribution is 6.31. The van der Waals surface area contributed by atoms with E-state index in [9.17, 15) is 4.79 Å². The van der Waals surface area contributed by atoms with Crippen LogP contribution in [-0.4, -0.2) is 25.5 Å². The van der Waals surface area contributed by atoms with E-state index in [4.69, 9.17) is 11.6 Å². The number of aryl methyl sites for hydroxylation is 2. The summed E-state index contributed by atoms with van der Waals surface area (Å²) in [5, 5.41) is 11.8. The van der Waals surface area contributed by atoms with Crippen LogP contribution in [0.25, 0.3) is 0 Å². The average molecular weight is 296 g/mol. The van der Waals surface area contributed by atoms with Gasteiger partial charge in [0.05, 0.1) is 22.6 Å². The second-order valence-electron chi connectivity index (χ2n) is 4.80. The summed E-state index contributed by atoms with van der Waals surface area (Å²) in [6, 6.07) is 0. The molecule has 1 N–H and O–H groups in total. The number of carbonyl (C=O) groups is 1. The van der Waals surface area contributed by atoms with Gasteiger partial charge in [0.2, 0.25) is 5.91 Å². The minimum Gasteiger partial charge on any atom is -0.350 e. The van der Waals surface area contributed by atoms with Gasteiger partial charge in [-0.15, -0.1) is 0 Å². The number of nitrogens with zero attached hydrogens (tertiary/aromatic N) is 4. The van der Waals surface area contributed by atoms with E-state index in [1.807, 2.05) is 27.8 Å². The lowest BCUT2D eigenvalue weighted by atomic mass is 10.2. The lowest BCUT2D eigenvalue weighted by Gasteiger charge is -2.06. The predicted octanol–water partition coefficient (Wildman–Crippen LogP) is 1.51. The highest BCUT2D eigenvalue weighted by Crippen LogP contribution is 2.18. The molecule has 0 atom stereocenters. The lowest BCUT2D eigenvalue weighted by Crippen LogP contribution is -2.28. The number of nitrogens with one attached hydrogen (secondary N) is 1. The minimum absolute atomic E-state index is 0.101. The van der Waals surface area contributed by atoms with Gasteiger partial charge in [-0.2, -0.15) is 10.2 Å². The monoisotopic (exact) mass is 295 g/mol. The zero-order chi connectivity index (χ0) is 14.9. The maximum atomic E-state index is 11.9. The third-order valence-electron chi connectivity index (χ3n) is 3.40. The normalized spacial score (nSPS) is 10.8. The Bertz CT molecular complexity index is 643. The van der Waals surface area contributed by atoms with Crippen molar-refractivity contribution in [3.05, 3.63) is 33.9 Å². The third kappa shape index (κ3) is 2.85. The summed E-state index contributed by atoms with van der Waals surface area (Å²) in [4.78, 5) is 11.9. The average Bonchev–Trinajstić information content (AvgIpc) is 2.84. The number of hydrogen-bond donors (Lipinski definition) is 1. The van der Waals surface area contributed by atoms with Crippen LogP contribution >= 0.6 is 11.6 Å². The molecule has 7 heteroatoms. The largest absolute Gasteiger partial charge is 0.350 e. The van der Waals surface area contributed by atoms with Crippen LogP contribution in [0.3, 0.4) is 0 Å². The fraction of sp³-hybridized carbons (Fsp3) is 0.462. The lowest BCUT2D eigenvalue weighted by molar-refractivity contribution is -0.122. The van der Waals surface area contributed by atoms with Crippen LogP contribution in [0, 0.1) is 20.8 Å². The van der Waals surface area contributed by atoms with Gasteiger partial charge >= 0.3 is 0 Å². The number of halogens is 1. The van der Waals surface area contributed by atoms with Crippen LogP contribution in [0.15, 0.2) is 6.20 Å². The Balaban J connectivity index is 1.96. The summed E-state index contributed by atoms with van der Waals surface area (Å²) in [5.41, 5.74) is 3.59. The van der Waals surface area contributed by atoms with E-state index in [2.05, 4.69) is 15.5 Å². The summed E-state index contributed by atoms with van der Waals surface area (Å²) in [6.45, 7) is 6.27. The molecule has 0 spiro atoms. The molecule has 2 rings (SSSR count). The van der Waals surface area contributed by atoms with Gasteiger partial charge in [-0.3, -0.25) is 14.2 Å². The molecule has 2 aromatic rings. The first-order valence-corrected chi connectivity index (χ1v) is 6.71. The maximum absolute atomic E-state index is 11.9. The number of hydrogen-bond acceptors (Lipinski definition) is 3. The van der Waals surface area contributed by atoms with Crippen molar-refractivity contribution in [3.63, 3.8) is 0 Å². The Morgan fingerprint density at radius 3 is 2.55 bits per heavy atom. The molecule has 1 amide bonds. The van der Waals surface area contributed by atoms with E-state index in [1.54, 1.807) is 15.6 Å². The van der Waals surface area contributed by atoms with E-state index in [1.165, 1.54) is 0 Å². The summed E-state index contributed by atoms with van der Waals surface area (Å²) in [5.74, 6) is -0.101. The van der Waals surface area contributed by atoms with Crippen molar-refractivity contribution in [1.82, 2.24) is 24.9 Å². The van der Waals surface area contributed by atoms with Gasteiger partial charge in [-0.05, 0) is 20.8 Å². The Morgan fingerprint density at radius 2 is 2.05 bits per heavy atom. The molecular formula is C13H18ClN5O. The van der Waals surface area contributed by atoms with Crippen molar-refractivity contribution in [2.24, 2.45) is 7.05 Å². The first-order chi connectivity index (χ1) is 9.40. The molecule has 2 aromatic heterocycles. The van der Waals surface area contributed by atoms with Crippen molar-refractivity contribution < 1.29 is 4.79 Å². The second-order valence-corrected chi connectivity index (χ2v) is 5.18.